The highest BCUT2D eigenvalue weighted by Crippen LogP contribution is 2.22. The van der Waals surface area contributed by atoms with E-state index in [1.54, 1.807) is 20.7 Å². The van der Waals surface area contributed by atoms with Gasteiger partial charge in [-0.3, -0.25) is 9.59 Å². The standard InChI is InChI=1S/C20H26N4O2/c1-4-22-14-19(25)23(18(20(22)26)11-15(2)3)13-16-7-5-8-17(12-16)24-10-6-9-21-24/h5-10,12,15,18H,4,11,13-14H2,1-3H3/t18-/m0/s1. The summed E-state index contributed by atoms with van der Waals surface area (Å²) in [5.74, 6) is 0.414. The molecule has 2 heterocycles. The molecular weight excluding hydrogens is 328 g/mol. The highest BCUT2D eigenvalue weighted by molar-refractivity contribution is 5.94. The minimum atomic E-state index is -0.385. The van der Waals surface area contributed by atoms with E-state index < -0.39 is 0 Å². The lowest BCUT2D eigenvalue weighted by molar-refractivity contribution is -0.157. The largest absolute Gasteiger partial charge is 0.332 e. The van der Waals surface area contributed by atoms with Crippen molar-refractivity contribution in [1.29, 1.82) is 0 Å². The fraction of sp³-hybridized carbons (Fsp3) is 0.450. The fourth-order valence-electron chi connectivity index (χ4n) is 3.41. The first-order chi connectivity index (χ1) is 12.5. The summed E-state index contributed by atoms with van der Waals surface area (Å²) in [6.45, 7) is 7.26. The number of hydrogen-bond acceptors (Lipinski definition) is 3. The van der Waals surface area contributed by atoms with Crippen molar-refractivity contribution in [3.63, 3.8) is 0 Å². The van der Waals surface area contributed by atoms with E-state index in [0.29, 0.717) is 25.4 Å². The lowest BCUT2D eigenvalue weighted by Gasteiger charge is -2.40. The molecule has 0 bridgehead atoms. The van der Waals surface area contributed by atoms with Crippen molar-refractivity contribution < 1.29 is 9.59 Å². The van der Waals surface area contributed by atoms with Gasteiger partial charge in [0, 0.05) is 25.5 Å². The number of likely N-dealkylation sites (N-methyl/N-ethyl adjacent to an activating group) is 1. The van der Waals surface area contributed by atoms with Gasteiger partial charge in [-0.05, 0) is 43.0 Å². The van der Waals surface area contributed by atoms with Crippen LogP contribution in [0.2, 0.25) is 0 Å². The molecule has 1 aliphatic heterocycles. The van der Waals surface area contributed by atoms with Gasteiger partial charge >= 0.3 is 0 Å². The molecule has 6 nitrogen and oxygen atoms in total. The maximum atomic E-state index is 12.8. The Morgan fingerprint density at radius 2 is 2.04 bits per heavy atom. The van der Waals surface area contributed by atoms with Crippen LogP contribution in [0.1, 0.15) is 32.8 Å². The molecule has 1 fully saturated rings. The predicted molar refractivity (Wildman–Crippen MR) is 99.6 cm³/mol. The number of hydrogen-bond donors (Lipinski definition) is 0. The number of piperazine rings is 1. The van der Waals surface area contributed by atoms with Crippen LogP contribution in [-0.2, 0) is 16.1 Å². The van der Waals surface area contributed by atoms with Crippen molar-refractivity contribution >= 4 is 11.8 Å². The van der Waals surface area contributed by atoms with E-state index in [4.69, 9.17) is 0 Å². The van der Waals surface area contributed by atoms with Gasteiger partial charge in [0.25, 0.3) is 0 Å². The minimum Gasteiger partial charge on any atom is -0.332 e. The number of benzene rings is 1. The van der Waals surface area contributed by atoms with E-state index >= 15 is 0 Å². The first kappa shape index (κ1) is 18.2. The lowest BCUT2D eigenvalue weighted by atomic mass is 9.98. The molecule has 2 aromatic rings. The average Bonchev–Trinajstić information content (AvgIpc) is 3.15. The SMILES string of the molecule is CCN1CC(=O)N(Cc2cccc(-n3cccn3)c2)[C@@H](CC(C)C)C1=O. The second-order valence-corrected chi connectivity index (χ2v) is 7.14. The van der Waals surface area contributed by atoms with Crippen LogP contribution in [0, 0.1) is 5.92 Å². The molecule has 2 amide bonds. The third-order valence-electron chi connectivity index (χ3n) is 4.73. The third-order valence-corrected chi connectivity index (χ3v) is 4.73. The molecule has 1 aromatic carbocycles. The molecule has 0 radical (unpaired) electrons. The molecule has 1 atom stereocenters. The second-order valence-electron chi connectivity index (χ2n) is 7.14. The van der Waals surface area contributed by atoms with Gasteiger partial charge in [0.1, 0.15) is 6.04 Å². The molecule has 0 unspecified atom stereocenters. The molecule has 26 heavy (non-hydrogen) atoms. The molecule has 0 saturated carbocycles. The second kappa shape index (κ2) is 7.72. The Hall–Kier alpha value is -2.63. The molecule has 0 spiro atoms. The van der Waals surface area contributed by atoms with E-state index in [-0.39, 0.29) is 24.4 Å². The van der Waals surface area contributed by atoms with Crippen molar-refractivity contribution in [2.24, 2.45) is 5.92 Å². The van der Waals surface area contributed by atoms with Gasteiger partial charge in [0.05, 0.1) is 12.2 Å². The van der Waals surface area contributed by atoms with Crippen LogP contribution in [0.5, 0.6) is 0 Å². The fourth-order valence-corrected chi connectivity index (χ4v) is 3.41. The number of rotatable bonds is 6. The van der Waals surface area contributed by atoms with E-state index in [9.17, 15) is 9.59 Å². The maximum Gasteiger partial charge on any atom is 0.245 e. The number of carbonyl (C=O) groups is 2. The molecule has 1 aliphatic rings. The van der Waals surface area contributed by atoms with Gasteiger partial charge in [-0.25, -0.2) is 4.68 Å². The van der Waals surface area contributed by atoms with E-state index in [1.807, 2.05) is 43.5 Å². The predicted octanol–water partition coefficient (Wildman–Crippen LogP) is 2.48. The summed E-state index contributed by atoms with van der Waals surface area (Å²) >= 11 is 0. The van der Waals surface area contributed by atoms with Crippen LogP contribution in [-0.4, -0.2) is 50.5 Å². The Bertz CT molecular complexity index is 770. The number of amides is 2. The average molecular weight is 354 g/mol. The Kier molecular flexibility index (Phi) is 5.40. The van der Waals surface area contributed by atoms with Crippen LogP contribution in [0.15, 0.2) is 42.7 Å². The quantitative estimate of drug-likeness (QED) is 0.801. The van der Waals surface area contributed by atoms with Crippen molar-refractivity contribution in [3.05, 3.63) is 48.3 Å². The number of carbonyl (C=O) groups excluding carboxylic acids is 2. The van der Waals surface area contributed by atoms with Crippen LogP contribution in [0.4, 0.5) is 0 Å². The van der Waals surface area contributed by atoms with Gasteiger partial charge in [0.2, 0.25) is 11.8 Å². The molecule has 1 saturated heterocycles. The van der Waals surface area contributed by atoms with Gasteiger partial charge in [-0.1, -0.05) is 26.0 Å². The summed E-state index contributed by atoms with van der Waals surface area (Å²) in [6.07, 6.45) is 4.30. The first-order valence-corrected chi connectivity index (χ1v) is 9.16. The van der Waals surface area contributed by atoms with E-state index in [0.717, 1.165) is 11.3 Å². The monoisotopic (exact) mass is 354 g/mol. The Morgan fingerprint density at radius 3 is 2.69 bits per heavy atom. The molecule has 3 rings (SSSR count). The lowest BCUT2D eigenvalue weighted by Crippen LogP contribution is -2.59. The molecule has 6 heteroatoms. The number of aromatic nitrogens is 2. The minimum absolute atomic E-state index is 0.0154. The topological polar surface area (TPSA) is 58.4 Å². The summed E-state index contributed by atoms with van der Waals surface area (Å²) in [5.41, 5.74) is 1.94. The van der Waals surface area contributed by atoms with Crippen molar-refractivity contribution in [1.82, 2.24) is 19.6 Å². The maximum absolute atomic E-state index is 12.8. The summed E-state index contributed by atoms with van der Waals surface area (Å²) < 4.78 is 1.79. The zero-order valence-corrected chi connectivity index (χ0v) is 15.6. The van der Waals surface area contributed by atoms with Gasteiger partial charge in [0.15, 0.2) is 0 Å². The molecule has 0 aliphatic carbocycles. The van der Waals surface area contributed by atoms with Gasteiger partial charge in [-0.15, -0.1) is 0 Å². The number of nitrogens with zero attached hydrogens (tertiary/aromatic N) is 4. The van der Waals surface area contributed by atoms with Crippen LogP contribution < -0.4 is 0 Å². The zero-order chi connectivity index (χ0) is 18.7. The van der Waals surface area contributed by atoms with E-state index in [1.165, 1.54) is 0 Å². The summed E-state index contributed by atoms with van der Waals surface area (Å²) in [7, 11) is 0. The van der Waals surface area contributed by atoms with Crippen molar-refractivity contribution in [2.45, 2.75) is 39.8 Å². The summed E-state index contributed by atoms with van der Waals surface area (Å²) in [4.78, 5) is 28.9. The molecule has 1 aromatic heterocycles. The van der Waals surface area contributed by atoms with Crippen LogP contribution >= 0.6 is 0 Å². The smallest absolute Gasteiger partial charge is 0.245 e. The molecule has 0 N–H and O–H groups in total. The highest BCUT2D eigenvalue weighted by atomic mass is 16.2. The Morgan fingerprint density at radius 1 is 1.23 bits per heavy atom. The first-order valence-electron chi connectivity index (χ1n) is 9.16. The van der Waals surface area contributed by atoms with E-state index in [2.05, 4.69) is 18.9 Å². The van der Waals surface area contributed by atoms with Crippen molar-refractivity contribution in [2.75, 3.05) is 13.1 Å². The van der Waals surface area contributed by atoms with Crippen LogP contribution in [0.25, 0.3) is 5.69 Å². The van der Waals surface area contributed by atoms with Crippen LogP contribution in [0.3, 0.4) is 0 Å². The van der Waals surface area contributed by atoms with Crippen molar-refractivity contribution in [3.8, 4) is 5.69 Å². The Balaban J connectivity index is 1.85. The van der Waals surface area contributed by atoms with Gasteiger partial charge < -0.3 is 9.80 Å². The highest BCUT2D eigenvalue weighted by Gasteiger charge is 2.38. The molecular formula is C20H26N4O2. The normalized spacial score (nSPS) is 18.1. The molecule has 138 valence electrons. The third kappa shape index (κ3) is 3.79. The summed E-state index contributed by atoms with van der Waals surface area (Å²) in [5, 5.41) is 4.25. The van der Waals surface area contributed by atoms with Gasteiger partial charge in [-0.2, -0.15) is 5.10 Å². The zero-order valence-electron chi connectivity index (χ0n) is 15.6. The Labute approximate surface area is 154 Å². The summed E-state index contributed by atoms with van der Waals surface area (Å²) in [6, 6.07) is 9.43.